The number of hydrogen-bond acceptors (Lipinski definition) is 5. The van der Waals surface area contributed by atoms with E-state index in [1.807, 2.05) is 59.5 Å². The van der Waals surface area contributed by atoms with Gasteiger partial charge in [-0.2, -0.15) is 0 Å². The first-order valence-corrected chi connectivity index (χ1v) is 13.8. The number of aliphatic hydroxyl groups is 1. The van der Waals surface area contributed by atoms with E-state index in [4.69, 9.17) is 0 Å². The zero-order chi connectivity index (χ0) is 25.4. The first kappa shape index (κ1) is 25.1. The highest BCUT2D eigenvalue weighted by molar-refractivity contribution is 8.02. The summed E-state index contributed by atoms with van der Waals surface area (Å²) in [6, 6.07) is 8.44. The second-order valence-electron chi connectivity index (χ2n) is 10.3. The number of thioether (sulfide) groups is 1. The largest absolute Gasteiger partial charge is 0.394 e. The Kier molecular flexibility index (Phi) is 7.01. The molecule has 2 fully saturated rings. The minimum atomic E-state index is -0.841. The summed E-state index contributed by atoms with van der Waals surface area (Å²) >= 11 is 1.59. The lowest BCUT2D eigenvalue weighted by molar-refractivity contribution is -0.146. The molecule has 0 aliphatic carbocycles. The van der Waals surface area contributed by atoms with Gasteiger partial charge in [-0.3, -0.25) is 14.4 Å². The summed E-state index contributed by atoms with van der Waals surface area (Å²) in [6.45, 7) is 3.48. The maximum Gasteiger partial charge on any atom is 0.247 e. The van der Waals surface area contributed by atoms with Crippen molar-refractivity contribution in [3.63, 3.8) is 0 Å². The molecule has 1 N–H and O–H groups in total. The fourth-order valence-corrected chi connectivity index (χ4v) is 8.32. The SMILES string of the molecule is CCCCN1CC=C[C@]23S[C@H]4C=CCN(C)C(=O)[C@H]4[C@H]2C(=O)N([C@@H](CO)Cc2ccccc2)C3C1=O. The number of carbonyl (C=O) groups is 3. The van der Waals surface area contributed by atoms with Gasteiger partial charge in [-0.25, -0.2) is 0 Å². The molecule has 36 heavy (non-hydrogen) atoms. The number of benzene rings is 1. The molecule has 4 heterocycles. The number of hydrogen-bond donors (Lipinski definition) is 1. The van der Waals surface area contributed by atoms with E-state index in [-0.39, 0.29) is 29.6 Å². The van der Waals surface area contributed by atoms with Gasteiger partial charge in [-0.15, -0.1) is 11.8 Å². The third-order valence-corrected chi connectivity index (χ3v) is 9.83. The van der Waals surface area contributed by atoms with Crippen LogP contribution >= 0.6 is 11.8 Å². The molecule has 0 bridgehead atoms. The fourth-order valence-electron chi connectivity index (χ4n) is 6.33. The van der Waals surface area contributed by atoms with Gasteiger partial charge in [0.2, 0.25) is 17.7 Å². The summed E-state index contributed by atoms with van der Waals surface area (Å²) < 4.78 is -0.841. The van der Waals surface area contributed by atoms with E-state index in [1.54, 1.807) is 28.6 Å². The number of amides is 3. The molecule has 0 aromatic heterocycles. The third kappa shape index (κ3) is 3.98. The van der Waals surface area contributed by atoms with Crippen LogP contribution in [0.15, 0.2) is 54.6 Å². The summed E-state index contributed by atoms with van der Waals surface area (Å²) in [4.78, 5) is 47.2. The number of nitrogens with zero attached hydrogens (tertiary/aromatic N) is 3. The van der Waals surface area contributed by atoms with E-state index < -0.39 is 28.7 Å². The van der Waals surface area contributed by atoms with Crippen molar-refractivity contribution in [1.82, 2.24) is 14.7 Å². The van der Waals surface area contributed by atoms with Gasteiger partial charge in [-0.1, -0.05) is 68.0 Å². The van der Waals surface area contributed by atoms with Crippen molar-refractivity contribution in [3.8, 4) is 0 Å². The van der Waals surface area contributed by atoms with Gasteiger partial charge < -0.3 is 19.8 Å². The molecule has 1 aromatic rings. The molecule has 8 heteroatoms. The Morgan fingerprint density at radius 3 is 2.58 bits per heavy atom. The van der Waals surface area contributed by atoms with Crippen molar-refractivity contribution in [1.29, 1.82) is 0 Å². The number of unbranched alkanes of at least 4 members (excludes halogenated alkanes) is 1. The Morgan fingerprint density at radius 1 is 1.08 bits per heavy atom. The van der Waals surface area contributed by atoms with Crippen molar-refractivity contribution < 1.29 is 19.5 Å². The van der Waals surface area contributed by atoms with Crippen LogP contribution in [0, 0.1) is 11.8 Å². The molecule has 3 amide bonds. The lowest BCUT2D eigenvalue weighted by Gasteiger charge is -2.38. The van der Waals surface area contributed by atoms with Gasteiger partial charge in [0.05, 0.1) is 29.2 Å². The number of likely N-dealkylation sites (N-methyl/N-ethyl adjacent to an activating group) is 1. The minimum absolute atomic E-state index is 0.0510. The Bertz CT molecular complexity index is 1080. The summed E-state index contributed by atoms with van der Waals surface area (Å²) in [7, 11) is 1.77. The van der Waals surface area contributed by atoms with Crippen LogP contribution in [-0.4, -0.2) is 92.9 Å². The predicted octanol–water partition coefficient (Wildman–Crippen LogP) is 2.11. The summed E-state index contributed by atoms with van der Waals surface area (Å²) in [6.07, 6.45) is 10.4. The number of carbonyl (C=O) groups excluding carboxylic acids is 3. The minimum Gasteiger partial charge on any atom is -0.394 e. The molecule has 4 aliphatic rings. The molecule has 1 unspecified atom stereocenters. The molecule has 6 atom stereocenters. The number of aliphatic hydroxyl groups excluding tert-OH is 1. The number of rotatable bonds is 7. The molecule has 0 radical (unpaired) electrons. The highest BCUT2D eigenvalue weighted by Crippen LogP contribution is 2.61. The van der Waals surface area contributed by atoms with Crippen LogP contribution in [0.1, 0.15) is 25.3 Å². The first-order valence-electron chi connectivity index (χ1n) is 13.0. The van der Waals surface area contributed by atoms with E-state index in [1.165, 1.54) is 0 Å². The van der Waals surface area contributed by atoms with Gasteiger partial charge in [0, 0.05) is 31.9 Å². The van der Waals surface area contributed by atoms with Crippen molar-refractivity contribution >= 4 is 29.5 Å². The lowest BCUT2D eigenvalue weighted by Crippen LogP contribution is -2.57. The van der Waals surface area contributed by atoms with Gasteiger partial charge in [0.1, 0.15) is 6.04 Å². The molecular formula is C28H35N3O4S. The van der Waals surface area contributed by atoms with Crippen molar-refractivity contribution in [2.75, 3.05) is 33.3 Å². The lowest BCUT2D eigenvalue weighted by atomic mass is 9.78. The number of fused-ring (bicyclic) bond motifs is 2. The quantitative estimate of drug-likeness (QED) is 0.570. The first-order chi connectivity index (χ1) is 17.4. The molecule has 192 valence electrons. The highest BCUT2D eigenvalue weighted by atomic mass is 32.2. The molecule has 1 aromatic carbocycles. The van der Waals surface area contributed by atoms with E-state index in [0.29, 0.717) is 26.1 Å². The van der Waals surface area contributed by atoms with E-state index in [0.717, 1.165) is 18.4 Å². The van der Waals surface area contributed by atoms with Crippen molar-refractivity contribution in [2.45, 2.75) is 48.3 Å². The Hall–Kier alpha value is -2.58. The third-order valence-electron chi connectivity index (χ3n) is 8.08. The fraction of sp³-hybridized carbons (Fsp3) is 0.536. The normalized spacial score (nSPS) is 32.3. The molecule has 0 saturated carbocycles. The van der Waals surface area contributed by atoms with Crippen LogP contribution in [0.4, 0.5) is 0 Å². The van der Waals surface area contributed by atoms with Crippen molar-refractivity contribution in [3.05, 3.63) is 60.2 Å². The van der Waals surface area contributed by atoms with Gasteiger partial charge in [0.15, 0.2) is 0 Å². The van der Waals surface area contributed by atoms with Gasteiger partial charge in [0.25, 0.3) is 0 Å². The summed E-state index contributed by atoms with van der Waals surface area (Å²) in [5.74, 6) is -1.50. The monoisotopic (exact) mass is 509 g/mol. The van der Waals surface area contributed by atoms with Gasteiger partial charge in [-0.05, 0) is 18.4 Å². The maximum absolute atomic E-state index is 14.3. The second-order valence-corrected chi connectivity index (χ2v) is 11.8. The zero-order valence-corrected chi connectivity index (χ0v) is 21.8. The zero-order valence-electron chi connectivity index (χ0n) is 21.0. The van der Waals surface area contributed by atoms with E-state index >= 15 is 0 Å². The average Bonchev–Trinajstić information content (AvgIpc) is 3.22. The Balaban J connectivity index is 1.60. The van der Waals surface area contributed by atoms with Crippen molar-refractivity contribution in [2.24, 2.45) is 11.8 Å². The van der Waals surface area contributed by atoms with Crippen LogP contribution in [0.5, 0.6) is 0 Å². The Morgan fingerprint density at radius 2 is 1.86 bits per heavy atom. The summed E-state index contributed by atoms with van der Waals surface area (Å²) in [5.41, 5.74) is 0.994. The summed E-state index contributed by atoms with van der Waals surface area (Å²) in [5, 5.41) is 10.4. The molecule has 4 aliphatic heterocycles. The topological polar surface area (TPSA) is 81.2 Å². The van der Waals surface area contributed by atoms with Crippen LogP contribution in [0.2, 0.25) is 0 Å². The van der Waals surface area contributed by atoms with E-state index in [9.17, 15) is 19.5 Å². The van der Waals surface area contributed by atoms with E-state index in [2.05, 4.69) is 6.92 Å². The van der Waals surface area contributed by atoms with Gasteiger partial charge >= 0.3 is 0 Å². The molecule has 1 spiro atoms. The highest BCUT2D eigenvalue weighted by Gasteiger charge is 2.71. The van der Waals surface area contributed by atoms with Crippen LogP contribution in [-0.2, 0) is 20.8 Å². The van der Waals surface area contributed by atoms with Crippen LogP contribution in [0.25, 0.3) is 0 Å². The molecular weight excluding hydrogens is 474 g/mol. The second kappa shape index (κ2) is 10.1. The molecule has 2 saturated heterocycles. The smallest absolute Gasteiger partial charge is 0.247 e. The standard InChI is InChI=1S/C28H35N3O4S/c1-3-4-15-30-16-9-13-28-23(22-21(36-28)12-8-14-29(2)25(22)33)26(34)31(24(28)27(30)35)20(18-32)17-19-10-6-5-7-11-19/h5-13,20-24,32H,3-4,14-18H2,1-2H3/t20-,21+,22-,23+,24?,28+/m1/s1. The van der Waals surface area contributed by atoms with Crippen LogP contribution in [0.3, 0.4) is 0 Å². The molecule has 5 rings (SSSR count). The Labute approximate surface area is 217 Å². The maximum atomic E-state index is 14.3. The van der Waals surface area contributed by atoms with Crippen LogP contribution < -0.4 is 0 Å². The molecule has 7 nitrogen and oxygen atoms in total. The average molecular weight is 510 g/mol. The predicted molar refractivity (Wildman–Crippen MR) is 140 cm³/mol. The number of likely N-dealkylation sites (tertiary alicyclic amines) is 1.